The Morgan fingerprint density at radius 3 is 2.33 bits per heavy atom. The molecule has 0 aromatic carbocycles. The zero-order valence-corrected chi connectivity index (χ0v) is 18.5. The van der Waals surface area contributed by atoms with E-state index < -0.39 is 0 Å². The van der Waals surface area contributed by atoms with E-state index in [0.717, 1.165) is 19.3 Å². The summed E-state index contributed by atoms with van der Waals surface area (Å²) in [6, 6.07) is 0. The van der Waals surface area contributed by atoms with Crippen molar-refractivity contribution in [3.8, 4) is 0 Å². The molecule has 0 amide bonds. The third-order valence-corrected chi connectivity index (χ3v) is 7.42. The highest BCUT2D eigenvalue weighted by Gasteiger charge is 2.62. The van der Waals surface area contributed by atoms with Crippen LogP contribution in [0.3, 0.4) is 0 Å². The van der Waals surface area contributed by atoms with Crippen LogP contribution in [0.1, 0.15) is 66.7 Å². The summed E-state index contributed by atoms with van der Waals surface area (Å²) in [6.45, 7) is 12.5. The second kappa shape index (κ2) is 8.10. The van der Waals surface area contributed by atoms with Crippen LogP contribution in [0.25, 0.3) is 0 Å². The topological polar surface area (TPSA) is 52.6 Å². The van der Waals surface area contributed by atoms with E-state index in [1.807, 2.05) is 14.1 Å². The van der Waals surface area contributed by atoms with Gasteiger partial charge in [-0.25, -0.2) is 4.79 Å². The van der Waals surface area contributed by atoms with E-state index in [9.17, 15) is 9.59 Å². The smallest absolute Gasteiger partial charge is 0.361 e. The summed E-state index contributed by atoms with van der Waals surface area (Å²) < 4.78 is 11.6. The zero-order chi connectivity index (χ0) is 20.5. The fraction of sp³-hybridized carbons (Fsp3) is 0.909. The van der Waals surface area contributed by atoms with Gasteiger partial charge in [0.2, 0.25) is 0 Å². The molecule has 2 bridgehead atoms. The first kappa shape index (κ1) is 22.2. The average molecular weight is 383 g/mol. The monoisotopic (exact) mass is 382 g/mol. The number of hydrogen-bond donors (Lipinski definition) is 0. The first-order valence-electron chi connectivity index (χ1n) is 10.5. The molecule has 156 valence electrons. The standard InChI is InChI=1S/C22H40NO4/c1-16(2)10-13-26-20(25)15-23(6,7)12-9-19(24)27-18-14-17-8-11-22(18,5)21(17,3)4/h16-18H,8-15H2,1-7H3/q+1/t17-,18-,22-/m1/s1. The van der Waals surface area contributed by atoms with Crippen molar-refractivity contribution < 1.29 is 23.5 Å². The van der Waals surface area contributed by atoms with E-state index >= 15 is 0 Å². The minimum Gasteiger partial charge on any atom is -0.462 e. The number of esters is 2. The molecule has 0 aliphatic heterocycles. The number of ether oxygens (including phenoxy) is 2. The van der Waals surface area contributed by atoms with Crippen LogP contribution in [0, 0.1) is 22.7 Å². The molecule has 2 saturated carbocycles. The van der Waals surface area contributed by atoms with Gasteiger partial charge in [0.15, 0.2) is 6.54 Å². The Balaban J connectivity index is 1.75. The zero-order valence-electron chi connectivity index (χ0n) is 18.5. The lowest BCUT2D eigenvalue weighted by molar-refractivity contribution is -0.882. The van der Waals surface area contributed by atoms with Crippen LogP contribution < -0.4 is 0 Å². The summed E-state index contributed by atoms with van der Waals surface area (Å²) >= 11 is 0. The van der Waals surface area contributed by atoms with Gasteiger partial charge in [0.25, 0.3) is 0 Å². The van der Waals surface area contributed by atoms with Crippen LogP contribution in [-0.2, 0) is 19.1 Å². The number of rotatable bonds is 9. The Morgan fingerprint density at radius 1 is 1.15 bits per heavy atom. The maximum absolute atomic E-state index is 12.5. The Labute approximate surface area is 165 Å². The quantitative estimate of drug-likeness (QED) is 0.450. The lowest BCUT2D eigenvalue weighted by Gasteiger charge is -2.38. The number of nitrogens with zero attached hydrogens (tertiary/aromatic N) is 1. The number of carbonyl (C=O) groups excluding carboxylic acids is 2. The molecular weight excluding hydrogens is 342 g/mol. The van der Waals surface area contributed by atoms with Gasteiger partial charge in [-0.2, -0.15) is 0 Å². The third kappa shape index (κ3) is 5.04. The van der Waals surface area contributed by atoms with Crippen molar-refractivity contribution in [1.29, 1.82) is 0 Å². The van der Waals surface area contributed by atoms with Crippen molar-refractivity contribution in [2.75, 3.05) is 33.8 Å². The molecule has 2 rings (SSSR count). The van der Waals surface area contributed by atoms with E-state index in [0.29, 0.717) is 35.9 Å². The second-order valence-electron chi connectivity index (χ2n) is 10.6. The lowest BCUT2D eigenvalue weighted by atomic mass is 9.70. The maximum atomic E-state index is 12.5. The SMILES string of the molecule is CC(C)CCOC(=O)C[N+](C)(C)CCC(=O)O[C@@H]1C[C@H]2CC[C@@]1(C)C2(C)C. The molecule has 2 aliphatic rings. The summed E-state index contributed by atoms with van der Waals surface area (Å²) in [5.41, 5.74) is 0.338. The van der Waals surface area contributed by atoms with Crippen LogP contribution in [0.4, 0.5) is 0 Å². The third-order valence-electron chi connectivity index (χ3n) is 7.42. The molecule has 2 fully saturated rings. The molecule has 0 radical (unpaired) electrons. The molecule has 2 aliphatic carbocycles. The Morgan fingerprint density at radius 2 is 1.81 bits per heavy atom. The van der Waals surface area contributed by atoms with Crippen molar-refractivity contribution in [2.24, 2.45) is 22.7 Å². The first-order valence-corrected chi connectivity index (χ1v) is 10.5. The summed E-state index contributed by atoms with van der Waals surface area (Å²) in [6.07, 6.45) is 4.64. The molecule has 0 unspecified atom stereocenters. The Hall–Kier alpha value is -1.10. The minimum absolute atomic E-state index is 0.0374. The van der Waals surface area contributed by atoms with Gasteiger partial charge in [-0.1, -0.05) is 34.6 Å². The van der Waals surface area contributed by atoms with Gasteiger partial charge >= 0.3 is 11.9 Å². The normalized spacial score (nSPS) is 29.2. The molecule has 0 N–H and O–H groups in total. The number of likely N-dealkylation sites (N-methyl/N-ethyl adjacent to an activating group) is 1. The summed E-state index contributed by atoms with van der Waals surface area (Å²) in [5.74, 6) is 0.848. The number of fused-ring (bicyclic) bond motifs is 2. The fourth-order valence-electron chi connectivity index (χ4n) is 4.80. The minimum atomic E-state index is -0.198. The molecule has 0 saturated heterocycles. The maximum Gasteiger partial charge on any atom is 0.361 e. The van der Waals surface area contributed by atoms with E-state index in [2.05, 4.69) is 34.6 Å². The van der Waals surface area contributed by atoms with Crippen LogP contribution in [-0.4, -0.2) is 56.3 Å². The summed E-state index contributed by atoms with van der Waals surface area (Å²) in [5, 5.41) is 0. The molecule has 0 aromatic rings. The van der Waals surface area contributed by atoms with Gasteiger partial charge in [-0.15, -0.1) is 0 Å². The van der Waals surface area contributed by atoms with Crippen LogP contribution in [0.5, 0.6) is 0 Å². The van der Waals surface area contributed by atoms with Gasteiger partial charge in [0, 0.05) is 5.41 Å². The van der Waals surface area contributed by atoms with Crippen LogP contribution >= 0.6 is 0 Å². The number of hydrogen-bond acceptors (Lipinski definition) is 4. The Bertz CT molecular complexity index is 555. The van der Waals surface area contributed by atoms with E-state index in [-0.39, 0.29) is 35.4 Å². The molecule has 27 heavy (non-hydrogen) atoms. The van der Waals surface area contributed by atoms with E-state index in [1.54, 1.807) is 0 Å². The van der Waals surface area contributed by atoms with Crippen molar-refractivity contribution in [3.05, 3.63) is 0 Å². The van der Waals surface area contributed by atoms with Crippen LogP contribution in [0.15, 0.2) is 0 Å². The first-order chi connectivity index (χ1) is 12.4. The lowest BCUT2D eigenvalue weighted by Crippen LogP contribution is -2.46. The number of quaternary nitrogens is 1. The van der Waals surface area contributed by atoms with Crippen molar-refractivity contribution in [1.82, 2.24) is 0 Å². The molecule has 0 aromatic heterocycles. The molecule has 0 spiro atoms. The summed E-state index contributed by atoms with van der Waals surface area (Å²) in [7, 11) is 3.91. The van der Waals surface area contributed by atoms with Gasteiger partial charge in [-0.05, 0) is 42.9 Å². The van der Waals surface area contributed by atoms with Gasteiger partial charge < -0.3 is 14.0 Å². The molecule has 3 atom stereocenters. The fourth-order valence-corrected chi connectivity index (χ4v) is 4.80. The van der Waals surface area contributed by atoms with E-state index in [1.165, 1.54) is 6.42 Å². The second-order valence-corrected chi connectivity index (χ2v) is 10.6. The van der Waals surface area contributed by atoms with Crippen molar-refractivity contribution in [2.45, 2.75) is 72.8 Å². The highest BCUT2D eigenvalue weighted by Crippen LogP contribution is 2.66. The highest BCUT2D eigenvalue weighted by atomic mass is 16.5. The molecular formula is C22H40NO4+. The number of carbonyl (C=O) groups is 2. The largest absolute Gasteiger partial charge is 0.462 e. The highest BCUT2D eigenvalue weighted by molar-refractivity contribution is 5.71. The summed E-state index contributed by atoms with van der Waals surface area (Å²) in [4.78, 5) is 24.5. The predicted octanol–water partition coefficient (Wildman–Crippen LogP) is 3.80. The molecule has 0 heterocycles. The predicted molar refractivity (Wildman–Crippen MR) is 106 cm³/mol. The van der Waals surface area contributed by atoms with Crippen LogP contribution in [0.2, 0.25) is 0 Å². The van der Waals surface area contributed by atoms with Crippen molar-refractivity contribution in [3.63, 3.8) is 0 Å². The van der Waals surface area contributed by atoms with E-state index in [4.69, 9.17) is 9.47 Å². The van der Waals surface area contributed by atoms with Gasteiger partial charge in [0.1, 0.15) is 6.10 Å². The molecule has 5 heteroatoms. The average Bonchev–Trinajstić information content (AvgIpc) is 2.85. The molecule has 5 nitrogen and oxygen atoms in total. The Kier molecular flexibility index (Phi) is 6.66. The van der Waals surface area contributed by atoms with Crippen molar-refractivity contribution >= 4 is 11.9 Å². The van der Waals surface area contributed by atoms with Gasteiger partial charge in [0.05, 0.1) is 33.7 Å². The van der Waals surface area contributed by atoms with Gasteiger partial charge in [-0.3, -0.25) is 4.79 Å².